The number of aldehydes is 1. The van der Waals surface area contributed by atoms with E-state index < -0.39 is 91.4 Å². The quantitative estimate of drug-likeness (QED) is 0.0521. The fourth-order valence-corrected chi connectivity index (χ4v) is 4.46. The maximum Gasteiger partial charge on any atom is 0.305 e. The van der Waals surface area contributed by atoms with E-state index in [1.807, 2.05) is 13.0 Å². The molecule has 1 rings (SSSR count). The highest BCUT2D eigenvalue weighted by Crippen LogP contribution is 2.12. The Bertz CT molecular complexity index is 1620. The van der Waals surface area contributed by atoms with Crippen LogP contribution < -0.4 is 37.6 Å². The Morgan fingerprint density at radius 2 is 1.27 bits per heavy atom. The van der Waals surface area contributed by atoms with Gasteiger partial charge in [-0.15, -0.1) is 0 Å². The smallest absolute Gasteiger partial charge is 0.305 e. The minimum atomic E-state index is -1.55. The molecule has 0 saturated carbocycles. The lowest BCUT2D eigenvalue weighted by molar-refractivity contribution is -0.140. The SMILES string of the molecule is C=C/C(=C\C=C/CC)CC(CC(=O)N[C@@H](CC(=O)O)C(=O)NCC(=O)NCc1ccc(C=O)cc1)NC(=O)CNC(=O)C(NC(=O)CN)C(C)C.CC(C)C.CCC(=O)O.CO. The summed E-state index contributed by atoms with van der Waals surface area (Å²) in [5.74, 6) is -5.70. The van der Waals surface area contributed by atoms with Crippen molar-refractivity contribution in [2.75, 3.05) is 26.7 Å². The van der Waals surface area contributed by atoms with Gasteiger partial charge < -0.3 is 53.0 Å². The van der Waals surface area contributed by atoms with Gasteiger partial charge in [-0.25, -0.2) is 0 Å². The topological polar surface area (TPSA) is 313 Å². The number of hydrogen-bond donors (Lipinski definition) is 10. The van der Waals surface area contributed by atoms with Gasteiger partial charge in [0.2, 0.25) is 35.4 Å². The van der Waals surface area contributed by atoms with E-state index in [0.29, 0.717) is 23.0 Å². The molecule has 3 atom stereocenters. The third-order valence-electron chi connectivity index (χ3n) is 7.46. The molecule has 62 heavy (non-hydrogen) atoms. The predicted molar refractivity (Wildman–Crippen MR) is 235 cm³/mol. The average Bonchev–Trinajstić information content (AvgIpc) is 3.22. The Morgan fingerprint density at radius 3 is 1.74 bits per heavy atom. The van der Waals surface area contributed by atoms with Crippen molar-refractivity contribution < 1.29 is 58.5 Å². The van der Waals surface area contributed by atoms with Crippen molar-refractivity contribution in [1.82, 2.24) is 31.9 Å². The first-order valence-electron chi connectivity index (χ1n) is 20.0. The maximum atomic E-state index is 13.2. The highest BCUT2D eigenvalue weighted by atomic mass is 16.4. The van der Waals surface area contributed by atoms with Crippen molar-refractivity contribution in [3.63, 3.8) is 0 Å². The van der Waals surface area contributed by atoms with Gasteiger partial charge in [0.15, 0.2) is 0 Å². The van der Waals surface area contributed by atoms with Crippen LogP contribution in [-0.4, -0.2) is 114 Å². The Hall–Kier alpha value is -6.21. The molecule has 0 aliphatic rings. The van der Waals surface area contributed by atoms with Crippen molar-refractivity contribution in [1.29, 1.82) is 0 Å². The molecule has 0 saturated heterocycles. The van der Waals surface area contributed by atoms with E-state index in [1.165, 1.54) is 6.08 Å². The van der Waals surface area contributed by atoms with E-state index in [1.54, 1.807) is 57.2 Å². The molecule has 0 heterocycles. The molecule has 0 spiro atoms. The molecular weight excluding hydrogens is 807 g/mol. The average molecular weight is 876 g/mol. The van der Waals surface area contributed by atoms with Crippen LogP contribution in [0.2, 0.25) is 0 Å². The van der Waals surface area contributed by atoms with Crippen LogP contribution in [0.25, 0.3) is 0 Å². The Kier molecular flexibility index (Phi) is 35.5. The molecule has 19 nitrogen and oxygen atoms in total. The number of nitrogens with two attached hydrogens (primary N) is 1. The summed E-state index contributed by atoms with van der Waals surface area (Å²) in [5, 5.41) is 39.0. The van der Waals surface area contributed by atoms with Gasteiger partial charge in [-0.3, -0.25) is 43.2 Å². The molecule has 6 amide bonds. The molecule has 0 radical (unpaired) electrons. The number of allylic oxidation sites excluding steroid dienone is 4. The molecule has 11 N–H and O–H groups in total. The van der Waals surface area contributed by atoms with Gasteiger partial charge >= 0.3 is 11.9 Å². The molecule has 1 aromatic carbocycles. The normalized spacial score (nSPS) is 11.9. The van der Waals surface area contributed by atoms with Crippen LogP contribution in [0.4, 0.5) is 0 Å². The zero-order valence-corrected chi connectivity index (χ0v) is 37.2. The maximum absolute atomic E-state index is 13.2. The molecule has 0 aliphatic heterocycles. The predicted octanol–water partition coefficient (Wildman–Crippen LogP) is 1.50. The van der Waals surface area contributed by atoms with Gasteiger partial charge in [0.1, 0.15) is 18.4 Å². The van der Waals surface area contributed by atoms with Crippen molar-refractivity contribution in [2.45, 2.75) is 105 Å². The van der Waals surface area contributed by atoms with Gasteiger partial charge in [-0.05, 0) is 35.8 Å². The third kappa shape index (κ3) is 32.6. The van der Waals surface area contributed by atoms with Crippen molar-refractivity contribution in [3.8, 4) is 0 Å². The third-order valence-corrected chi connectivity index (χ3v) is 7.46. The number of carbonyl (C=O) groups is 9. The Morgan fingerprint density at radius 1 is 0.726 bits per heavy atom. The number of amides is 6. The number of benzene rings is 1. The number of aliphatic hydroxyl groups excluding tert-OH is 1. The van der Waals surface area contributed by atoms with Crippen molar-refractivity contribution in [3.05, 3.63) is 71.8 Å². The molecule has 0 aromatic heterocycles. The van der Waals surface area contributed by atoms with Crippen LogP contribution in [0.1, 0.15) is 96.5 Å². The van der Waals surface area contributed by atoms with Crippen LogP contribution in [0, 0.1) is 11.8 Å². The molecule has 348 valence electrons. The van der Waals surface area contributed by atoms with E-state index >= 15 is 0 Å². The van der Waals surface area contributed by atoms with Gasteiger partial charge in [-0.2, -0.15) is 0 Å². The minimum Gasteiger partial charge on any atom is -0.481 e. The van der Waals surface area contributed by atoms with Gasteiger partial charge in [0.25, 0.3) is 0 Å². The van der Waals surface area contributed by atoms with Crippen LogP contribution in [0.15, 0.2) is 60.7 Å². The second kappa shape index (κ2) is 36.6. The second-order valence-corrected chi connectivity index (χ2v) is 14.2. The summed E-state index contributed by atoms with van der Waals surface area (Å²) in [5.41, 5.74) is 7.15. The highest BCUT2D eigenvalue weighted by molar-refractivity contribution is 5.93. The Labute approximate surface area is 364 Å². The molecular formula is C43H69N7O12. The lowest BCUT2D eigenvalue weighted by Gasteiger charge is -2.23. The molecule has 0 bridgehead atoms. The molecule has 2 unspecified atom stereocenters. The second-order valence-electron chi connectivity index (χ2n) is 14.2. The standard InChI is InChI=1S/C35H49N7O9.C4H10.C3H6O2.CH4O/c1-5-7-8-9-23(6-2)14-26(40-31(47)20-39-35(51)33(22(3)4)42-29(45)17-36)15-28(44)41-27(16-32(48)49)34(50)38-19-30(46)37-18-24-10-12-25(21-43)13-11-24;1-4(2)3;1-2-3(4)5;1-2/h6-13,21-22,26-27,33H,2,5,14-20,36H2,1,3-4H3,(H,37,46)(H,38,50)(H,39,51)(H,40,47)(H,41,44)(H,42,45)(H,48,49);4H,1-3H3;2H2,1H3,(H,4,5);2H,1H3/b8-7-,23-9+;;;/t26?,27-,33?;;;/m0.../s1. The number of carbonyl (C=O) groups excluding carboxylic acids is 7. The highest BCUT2D eigenvalue weighted by Gasteiger charge is 2.27. The van der Waals surface area contributed by atoms with Crippen LogP contribution in [0.5, 0.6) is 0 Å². The van der Waals surface area contributed by atoms with Crippen LogP contribution in [-0.2, 0) is 44.9 Å². The number of carboxylic acid groups (broad SMARTS) is 2. The van der Waals surface area contributed by atoms with E-state index in [-0.39, 0.29) is 31.8 Å². The summed E-state index contributed by atoms with van der Waals surface area (Å²) < 4.78 is 0. The van der Waals surface area contributed by atoms with Crippen LogP contribution >= 0.6 is 0 Å². The lowest BCUT2D eigenvalue weighted by Crippen LogP contribution is -2.53. The Balaban J connectivity index is -0.00000282. The van der Waals surface area contributed by atoms with Gasteiger partial charge in [0, 0.05) is 38.1 Å². The van der Waals surface area contributed by atoms with Crippen molar-refractivity contribution in [2.24, 2.45) is 17.6 Å². The first kappa shape index (κ1) is 60.1. The molecule has 19 heteroatoms. The summed E-state index contributed by atoms with van der Waals surface area (Å²) in [4.78, 5) is 107. The summed E-state index contributed by atoms with van der Waals surface area (Å²) in [7, 11) is 1.00. The van der Waals surface area contributed by atoms with Crippen LogP contribution in [0.3, 0.4) is 0 Å². The summed E-state index contributed by atoms with van der Waals surface area (Å²) in [6.45, 7) is 16.0. The van der Waals surface area contributed by atoms with Gasteiger partial charge in [0.05, 0.1) is 26.1 Å². The number of carboxylic acids is 2. The fraction of sp³-hybridized carbons (Fsp3) is 0.512. The number of aliphatic carboxylic acids is 2. The number of nitrogens with one attached hydrogen (secondary N) is 6. The largest absolute Gasteiger partial charge is 0.481 e. The summed E-state index contributed by atoms with van der Waals surface area (Å²) in [6.07, 6.45) is 7.55. The van der Waals surface area contributed by atoms with E-state index in [4.69, 9.17) is 15.9 Å². The lowest BCUT2D eigenvalue weighted by atomic mass is 10.0. The first-order valence-corrected chi connectivity index (χ1v) is 20.0. The molecule has 0 aliphatic carbocycles. The van der Waals surface area contributed by atoms with Gasteiger partial charge in [-0.1, -0.05) is 104 Å². The van der Waals surface area contributed by atoms with E-state index in [9.17, 15) is 48.3 Å². The molecule has 1 aromatic rings. The molecule has 0 fully saturated rings. The summed E-state index contributed by atoms with van der Waals surface area (Å²) in [6, 6.07) is 3.08. The zero-order chi connectivity index (χ0) is 48.2. The van der Waals surface area contributed by atoms with Crippen molar-refractivity contribution >= 4 is 53.7 Å². The monoisotopic (exact) mass is 876 g/mol. The van der Waals surface area contributed by atoms with E-state index in [0.717, 1.165) is 19.4 Å². The first-order chi connectivity index (χ1) is 29.2. The minimum absolute atomic E-state index is 0.110. The number of aliphatic hydroxyl groups is 1. The summed E-state index contributed by atoms with van der Waals surface area (Å²) >= 11 is 0. The number of rotatable bonds is 24. The number of hydrogen-bond acceptors (Lipinski definition) is 11. The fourth-order valence-electron chi connectivity index (χ4n) is 4.46. The zero-order valence-electron chi connectivity index (χ0n) is 37.2. The van der Waals surface area contributed by atoms with E-state index in [2.05, 4.69) is 59.3 Å².